The van der Waals surface area contributed by atoms with E-state index in [2.05, 4.69) is 4.74 Å². The SMILES string of the molecule is Cl.N=c1sc2cc(OC(F)(F)F)cc3c2n1CCCC3. The summed E-state index contributed by atoms with van der Waals surface area (Å²) in [5, 5.41) is 7.90. The first-order chi connectivity index (χ1) is 8.94. The standard InChI is InChI=1S/C12H11F3N2OS.ClH/c13-12(14,15)18-8-5-7-3-1-2-4-17-10(7)9(6-8)19-11(17)16;/h5-6,16H,1-4H2;1H. The summed E-state index contributed by atoms with van der Waals surface area (Å²) in [5.74, 6) is -0.190. The Bertz CT molecular complexity index is 692. The molecule has 0 amide bonds. The third-order valence-electron chi connectivity index (χ3n) is 3.16. The number of nitrogens with one attached hydrogen (secondary N) is 1. The first kappa shape index (κ1) is 15.2. The fraction of sp³-hybridized carbons (Fsp3) is 0.417. The van der Waals surface area contributed by atoms with E-state index in [0.29, 0.717) is 9.50 Å². The molecular formula is C12H12ClF3N2OS. The minimum absolute atomic E-state index is 0. The number of rotatable bonds is 1. The van der Waals surface area contributed by atoms with Crippen LogP contribution in [0.3, 0.4) is 0 Å². The number of aryl methyl sites for hydroxylation is 2. The number of hydrogen-bond donors (Lipinski definition) is 1. The summed E-state index contributed by atoms with van der Waals surface area (Å²) < 4.78 is 43.4. The zero-order valence-corrected chi connectivity index (χ0v) is 11.9. The van der Waals surface area contributed by atoms with E-state index in [1.165, 1.54) is 23.5 Å². The summed E-state index contributed by atoms with van der Waals surface area (Å²) in [6, 6.07) is 2.82. The fourth-order valence-electron chi connectivity index (χ4n) is 2.46. The van der Waals surface area contributed by atoms with E-state index in [4.69, 9.17) is 5.41 Å². The number of alkyl halides is 3. The molecule has 1 N–H and O–H groups in total. The molecule has 0 saturated carbocycles. The largest absolute Gasteiger partial charge is 0.573 e. The predicted molar refractivity (Wildman–Crippen MR) is 72.5 cm³/mol. The van der Waals surface area contributed by atoms with Crippen LogP contribution in [0, 0.1) is 5.41 Å². The molecular weight excluding hydrogens is 313 g/mol. The first-order valence-electron chi connectivity index (χ1n) is 5.91. The molecule has 20 heavy (non-hydrogen) atoms. The van der Waals surface area contributed by atoms with Crippen LogP contribution in [0.1, 0.15) is 18.4 Å². The Kier molecular flexibility index (Phi) is 4.02. The Morgan fingerprint density at radius 3 is 2.70 bits per heavy atom. The highest BCUT2D eigenvalue weighted by atomic mass is 35.5. The Morgan fingerprint density at radius 1 is 1.25 bits per heavy atom. The number of nitrogens with zero attached hydrogens (tertiary/aromatic N) is 1. The molecule has 0 saturated heterocycles. The Hall–Kier alpha value is -1.21. The normalized spacial score (nSPS) is 14.8. The number of ether oxygens (including phenoxy) is 1. The van der Waals surface area contributed by atoms with Crippen molar-refractivity contribution in [2.24, 2.45) is 0 Å². The third kappa shape index (κ3) is 2.78. The van der Waals surface area contributed by atoms with E-state index >= 15 is 0 Å². The molecule has 3 nitrogen and oxygen atoms in total. The molecule has 110 valence electrons. The van der Waals surface area contributed by atoms with Crippen molar-refractivity contribution in [1.82, 2.24) is 4.57 Å². The van der Waals surface area contributed by atoms with Crippen LogP contribution < -0.4 is 9.54 Å². The summed E-state index contributed by atoms with van der Waals surface area (Å²) in [7, 11) is 0. The highest BCUT2D eigenvalue weighted by molar-refractivity contribution is 7.16. The number of halogens is 4. The highest BCUT2D eigenvalue weighted by Crippen LogP contribution is 2.33. The molecule has 0 bridgehead atoms. The van der Waals surface area contributed by atoms with Gasteiger partial charge in [-0.1, -0.05) is 11.3 Å². The molecule has 0 radical (unpaired) electrons. The second-order valence-corrected chi connectivity index (χ2v) is 5.52. The van der Waals surface area contributed by atoms with Crippen LogP contribution in [0.15, 0.2) is 12.1 Å². The zero-order chi connectivity index (χ0) is 13.6. The topological polar surface area (TPSA) is 38.0 Å². The molecule has 8 heteroatoms. The maximum atomic E-state index is 12.3. The Morgan fingerprint density at radius 2 is 2.00 bits per heavy atom. The van der Waals surface area contributed by atoms with Crippen LogP contribution in [-0.2, 0) is 13.0 Å². The van der Waals surface area contributed by atoms with Crippen molar-refractivity contribution in [3.63, 3.8) is 0 Å². The van der Waals surface area contributed by atoms with Crippen LogP contribution in [-0.4, -0.2) is 10.9 Å². The molecule has 1 aromatic carbocycles. The van der Waals surface area contributed by atoms with Gasteiger partial charge in [-0.15, -0.1) is 25.6 Å². The Labute approximate surface area is 122 Å². The van der Waals surface area contributed by atoms with Crippen molar-refractivity contribution in [3.05, 3.63) is 22.5 Å². The molecule has 3 rings (SSSR count). The predicted octanol–water partition coefficient (Wildman–Crippen LogP) is 3.84. The van der Waals surface area contributed by atoms with E-state index < -0.39 is 6.36 Å². The maximum absolute atomic E-state index is 12.3. The van der Waals surface area contributed by atoms with Gasteiger partial charge in [0, 0.05) is 6.54 Å². The van der Waals surface area contributed by atoms with E-state index in [-0.39, 0.29) is 18.2 Å². The van der Waals surface area contributed by atoms with Gasteiger partial charge in [0.2, 0.25) is 0 Å². The summed E-state index contributed by atoms with van der Waals surface area (Å²) in [5.41, 5.74) is 1.73. The van der Waals surface area contributed by atoms with Crippen molar-refractivity contribution in [2.45, 2.75) is 32.2 Å². The highest BCUT2D eigenvalue weighted by Gasteiger charge is 2.31. The average molecular weight is 325 g/mol. The Balaban J connectivity index is 0.00000147. The molecule has 1 aliphatic rings. The molecule has 2 aromatic rings. The van der Waals surface area contributed by atoms with Gasteiger partial charge in [-0.2, -0.15) is 0 Å². The van der Waals surface area contributed by atoms with Crippen molar-refractivity contribution in [3.8, 4) is 5.75 Å². The monoisotopic (exact) mass is 324 g/mol. The smallest absolute Gasteiger partial charge is 0.406 e. The van der Waals surface area contributed by atoms with E-state index in [9.17, 15) is 13.2 Å². The van der Waals surface area contributed by atoms with Crippen LogP contribution in [0.25, 0.3) is 10.2 Å². The summed E-state index contributed by atoms with van der Waals surface area (Å²) >= 11 is 1.19. The molecule has 0 atom stereocenters. The van der Waals surface area contributed by atoms with Crippen LogP contribution in [0.5, 0.6) is 5.75 Å². The van der Waals surface area contributed by atoms with Gasteiger partial charge in [0.15, 0.2) is 4.80 Å². The average Bonchev–Trinajstić information content (AvgIpc) is 2.47. The minimum atomic E-state index is -4.68. The molecule has 0 unspecified atom stereocenters. The van der Waals surface area contributed by atoms with Crippen molar-refractivity contribution >= 4 is 34.0 Å². The van der Waals surface area contributed by atoms with Crippen molar-refractivity contribution in [2.75, 3.05) is 0 Å². The molecule has 1 aliphatic heterocycles. The van der Waals surface area contributed by atoms with Crippen LogP contribution in [0.4, 0.5) is 13.2 Å². The van der Waals surface area contributed by atoms with Crippen LogP contribution >= 0.6 is 23.7 Å². The maximum Gasteiger partial charge on any atom is 0.573 e. The van der Waals surface area contributed by atoms with E-state index in [0.717, 1.165) is 36.9 Å². The summed E-state index contributed by atoms with van der Waals surface area (Å²) in [4.78, 5) is 0.377. The number of hydrogen-bond acceptors (Lipinski definition) is 3. The van der Waals surface area contributed by atoms with Crippen LogP contribution in [0.2, 0.25) is 0 Å². The van der Waals surface area contributed by atoms with Crippen molar-refractivity contribution < 1.29 is 17.9 Å². The lowest BCUT2D eigenvalue weighted by atomic mass is 10.1. The zero-order valence-electron chi connectivity index (χ0n) is 10.3. The van der Waals surface area contributed by atoms with Gasteiger partial charge in [0.25, 0.3) is 0 Å². The lowest BCUT2D eigenvalue weighted by molar-refractivity contribution is -0.274. The first-order valence-corrected chi connectivity index (χ1v) is 6.72. The van der Waals surface area contributed by atoms with Gasteiger partial charge < -0.3 is 9.30 Å². The van der Waals surface area contributed by atoms with Crippen molar-refractivity contribution in [1.29, 1.82) is 5.41 Å². The second-order valence-electron chi connectivity index (χ2n) is 4.49. The summed E-state index contributed by atoms with van der Waals surface area (Å²) in [6.45, 7) is 0.755. The molecule has 2 heterocycles. The lowest BCUT2D eigenvalue weighted by Gasteiger charge is -2.11. The molecule has 0 fully saturated rings. The quantitative estimate of drug-likeness (QED) is 0.850. The molecule has 0 spiro atoms. The van der Waals surface area contributed by atoms with E-state index in [1.54, 1.807) is 0 Å². The minimum Gasteiger partial charge on any atom is -0.406 e. The van der Waals surface area contributed by atoms with Gasteiger partial charge in [0.1, 0.15) is 5.75 Å². The fourth-order valence-corrected chi connectivity index (χ4v) is 3.48. The van der Waals surface area contributed by atoms with Gasteiger partial charge in [-0.3, -0.25) is 5.41 Å². The third-order valence-corrected chi connectivity index (χ3v) is 4.11. The van der Waals surface area contributed by atoms with Gasteiger partial charge >= 0.3 is 6.36 Å². The van der Waals surface area contributed by atoms with Gasteiger partial charge in [-0.05, 0) is 37.0 Å². The number of benzene rings is 1. The number of aromatic nitrogens is 1. The van der Waals surface area contributed by atoms with E-state index in [1.807, 2.05) is 4.57 Å². The molecule has 1 aromatic heterocycles. The molecule has 0 aliphatic carbocycles. The second kappa shape index (κ2) is 5.29. The van der Waals surface area contributed by atoms with Gasteiger partial charge in [-0.25, -0.2) is 0 Å². The lowest BCUT2D eigenvalue weighted by Crippen LogP contribution is -2.17. The summed E-state index contributed by atoms with van der Waals surface area (Å²) in [6.07, 6.45) is -2.10. The van der Waals surface area contributed by atoms with Gasteiger partial charge in [0.05, 0.1) is 10.2 Å². The number of thiazole rings is 1.